The number of allylic oxidation sites excluding steroid dienone is 3. The van der Waals surface area contributed by atoms with E-state index in [1.54, 1.807) is 18.2 Å². The van der Waals surface area contributed by atoms with Crippen LogP contribution in [0.15, 0.2) is 74.7 Å². The number of amides is 2. The lowest BCUT2D eigenvalue weighted by Crippen LogP contribution is -2.32. The molecule has 0 spiro atoms. The molecule has 1 atom stereocenters. The van der Waals surface area contributed by atoms with Crippen molar-refractivity contribution in [1.29, 1.82) is 0 Å². The highest BCUT2D eigenvalue weighted by Gasteiger charge is 2.26. The first-order valence-corrected chi connectivity index (χ1v) is 10.2. The molecule has 2 heterocycles. The molecule has 9 nitrogen and oxygen atoms in total. The highest BCUT2D eigenvalue weighted by atomic mass is 19.1. The van der Waals surface area contributed by atoms with E-state index in [4.69, 9.17) is 4.52 Å². The van der Waals surface area contributed by atoms with Crippen LogP contribution < -0.4 is 10.6 Å². The third kappa shape index (κ3) is 5.20. The molecular weight excluding hydrogens is 415 g/mol. The van der Waals surface area contributed by atoms with Crippen LogP contribution in [0.5, 0.6) is 0 Å². The second kappa shape index (κ2) is 9.90. The number of hydrogen-bond donors (Lipinski definition) is 2. The summed E-state index contributed by atoms with van der Waals surface area (Å²) >= 11 is 0. The molecule has 10 heteroatoms. The van der Waals surface area contributed by atoms with Gasteiger partial charge in [-0.05, 0) is 30.7 Å². The van der Waals surface area contributed by atoms with E-state index in [0.717, 1.165) is 5.57 Å². The summed E-state index contributed by atoms with van der Waals surface area (Å²) in [5.74, 6) is 0.237. The number of azo groups is 1. The number of aromatic nitrogens is 2. The van der Waals surface area contributed by atoms with E-state index in [1.807, 2.05) is 18.2 Å². The number of nitrogens with one attached hydrogen (secondary N) is 2. The summed E-state index contributed by atoms with van der Waals surface area (Å²) in [6.45, 7) is 0.852. The van der Waals surface area contributed by atoms with Crippen LogP contribution in [0.4, 0.5) is 4.39 Å². The van der Waals surface area contributed by atoms with Gasteiger partial charge in [-0.2, -0.15) is 4.98 Å². The van der Waals surface area contributed by atoms with Crippen molar-refractivity contribution < 1.29 is 18.5 Å². The van der Waals surface area contributed by atoms with Crippen molar-refractivity contribution in [3.05, 3.63) is 71.7 Å². The first kappa shape index (κ1) is 21.3. The summed E-state index contributed by atoms with van der Waals surface area (Å²) in [6.07, 6.45) is 8.59. The number of rotatable bonds is 9. The molecular formula is C22H21FN6O3. The fraction of sp³-hybridized carbons (Fsp3) is 0.273. The van der Waals surface area contributed by atoms with Crippen molar-refractivity contribution in [1.82, 2.24) is 20.8 Å². The van der Waals surface area contributed by atoms with E-state index in [2.05, 4.69) is 31.0 Å². The molecule has 1 aliphatic heterocycles. The van der Waals surface area contributed by atoms with Crippen LogP contribution in [-0.2, 0) is 16.0 Å². The first-order valence-electron chi connectivity index (χ1n) is 10.2. The van der Waals surface area contributed by atoms with Crippen molar-refractivity contribution in [2.45, 2.75) is 19.3 Å². The van der Waals surface area contributed by atoms with Gasteiger partial charge in [-0.1, -0.05) is 29.5 Å². The molecule has 1 aromatic carbocycles. The minimum atomic E-state index is -0.400. The van der Waals surface area contributed by atoms with Crippen LogP contribution in [0.1, 0.15) is 18.7 Å². The number of hydrogen-bond acceptors (Lipinski definition) is 7. The monoisotopic (exact) mass is 436 g/mol. The van der Waals surface area contributed by atoms with Crippen molar-refractivity contribution >= 4 is 11.8 Å². The molecule has 0 fully saturated rings. The van der Waals surface area contributed by atoms with Gasteiger partial charge in [0.05, 0.1) is 5.92 Å². The van der Waals surface area contributed by atoms with E-state index in [1.165, 1.54) is 12.1 Å². The summed E-state index contributed by atoms with van der Waals surface area (Å²) in [4.78, 5) is 28.1. The van der Waals surface area contributed by atoms with Gasteiger partial charge in [0, 0.05) is 37.1 Å². The second-order valence-electron chi connectivity index (χ2n) is 7.21. The number of carbonyl (C=O) groups is 2. The minimum Gasteiger partial charge on any atom is -0.367 e. The lowest BCUT2D eigenvalue weighted by atomic mass is 9.93. The molecule has 0 saturated carbocycles. The maximum Gasteiger partial charge on any atom is 0.276 e. The Morgan fingerprint density at radius 1 is 1.12 bits per heavy atom. The molecule has 0 radical (unpaired) electrons. The lowest BCUT2D eigenvalue weighted by molar-refractivity contribution is -0.121. The summed E-state index contributed by atoms with van der Waals surface area (Å²) in [5.41, 5.74) is 1.44. The van der Waals surface area contributed by atoms with E-state index in [0.29, 0.717) is 55.5 Å². The van der Waals surface area contributed by atoms with E-state index < -0.39 is 5.92 Å². The molecule has 164 valence electrons. The summed E-state index contributed by atoms with van der Waals surface area (Å²) in [5, 5.41) is 17.4. The quantitative estimate of drug-likeness (QED) is 0.583. The standard InChI is InChI=1S/C22H21FN6O3/c23-15-10-8-14(9-11-15)20-26-19(32-29-20)7-3-6-18(30)24-12-13-25-21-16-4-1-2-5-17(16)22(31)28-27-21/h1-2,4-5,8-11,17,25H,3,6-7,12-13H2,(H,24,30). The Morgan fingerprint density at radius 3 is 2.81 bits per heavy atom. The number of fused-ring (bicyclic) bond motifs is 1. The highest BCUT2D eigenvalue weighted by Crippen LogP contribution is 2.27. The zero-order valence-electron chi connectivity index (χ0n) is 17.1. The molecule has 32 heavy (non-hydrogen) atoms. The molecule has 2 N–H and O–H groups in total. The van der Waals surface area contributed by atoms with Gasteiger partial charge in [-0.15, -0.1) is 10.2 Å². The smallest absolute Gasteiger partial charge is 0.276 e. The summed E-state index contributed by atoms with van der Waals surface area (Å²) < 4.78 is 18.2. The summed E-state index contributed by atoms with van der Waals surface area (Å²) in [7, 11) is 0. The molecule has 1 aliphatic carbocycles. The van der Waals surface area contributed by atoms with Gasteiger partial charge in [0.15, 0.2) is 5.82 Å². The normalized spacial score (nSPS) is 16.9. The molecule has 2 amide bonds. The molecule has 1 unspecified atom stereocenters. The number of nitrogens with zero attached hydrogens (tertiary/aromatic N) is 4. The lowest BCUT2D eigenvalue weighted by Gasteiger charge is -2.20. The Hall–Kier alpha value is -3.95. The van der Waals surface area contributed by atoms with Gasteiger partial charge < -0.3 is 15.2 Å². The first-order chi connectivity index (χ1) is 15.6. The van der Waals surface area contributed by atoms with Crippen LogP contribution >= 0.6 is 0 Å². The molecule has 2 aliphatic rings. The maximum atomic E-state index is 13.0. The summed E-state index contributed by atoms with van der Waals surface area (Å²) in [6, 6.07) is 5.83. The predicted molar refractivity (Wildman–Crippen MR) is 112 cm³/mol. The number of benzene rings is 1. The highest BCUT2D eigenvalue weighted by molar-refractivity contribution is 5.86. The van der Waals surface area contributed by atoms with E-state index in [-0.39, 0.29) is 17.6 Å². The molecule has 1 aromatic heterocycles. The topological polar surface area (TPSA) is 122 Å². The third-order valence-corrected chi connectivity index (χ3v) is 4.92. The van der Waals surface area contributed by atoms with Gasteiger partial charge in [-0.25, -0.2) is 4.39 Å². The Morgan fingerprint density at radius 2 is 1.97 bits per heavy atom. The van der Waals surface area contributed by atoms with Gasteiger partial charge in [0.25, 0.3) is 5.91 Å². The Bertz CT molecular complexity index is 1120. The van der Waals surface area contributed by atoms with Crippen molar-refractivity contribution in [2.75, 3.05) is 13.1 Å². The zero-order valence-corrected chi connectivity index (χ0v) is 17.1. The molecule has 4 rings (SSSR count). The minimum absolute atomic E-state index is 0.0958. The van der Waals surface area contributed by atoms with Crippen LogP contribution in [0.2, 0.25) is 0 Å². The SMILES string of the molecule is O=C(CCCc1nc(-c2ccc(F)cc2)no1)NCCNC1=C2C=CC=CC2C(=O)N=N1. The maximum absolute atomic E-state index is 13.0. The fourth-order valence-corrected chi connectivity index (χ4v) is 3.28. The Kier molecular flexibility index (Phi) is 6.59. The van der Waals surface area contributed by atoms with Crippen LogP contribution in [0, 0.1) is 11.7 Å². The van der Waals surface area contributed by atoms with E-state index in [9.17, 15) is 14.0 Å². The van der Waals surface area contributed by atoms with Gasteiger partial charge in [0.1, 0.15) is 5.82 Å². The number of aryl methyl sites for hydroxylation is 1. The van der Waals surface area contributed by atoms with Crippen LogP contribution in [-0.4, -0.2) is 35.0 Å². The Labute approximate surface area is 183 Å². The molecule has 0 bridgehead atoms. The largest absolute Gasteiger partial charge is 0.367 e. The third-order valence-electron chi connectivity index (χ3n) is 4.92. The zero-order chi connectivity index (χ0) is 22.3. The van der Waals surface area contributed by atoms with E-state index >= 15 is 0 Å². The Balaban J connectivity index is 1.16. The molecule has 2 aromatic rings. The van der Waals surface area contributed by atoms with Crippen LogP contribution in [0.25, 0.3) is 11.4 Å². The second-order valence-corrected chi connectivity index (χ2v) is 7.21. The van der Waals surface area contributed by atoms with Crippen LogP contribution in [0.3, 0.4) is 0 Å². The predicted octanol–water partition coefficient (Wildman–Crippen LogP) is 2.85. The number of carbonyl (C=O) groups excluding carboxylic acids is 2. The van der Waals surface area contributed by atoms with Gasteiger partial charge >= 0.3 is 0 Å². The average molecular weight is 436 g/mol. The average Bonchev–Trinajstić information content (AvgIpc) is 3.27. The van der Waals surface area contributed by atoms with Crippen molar-refractivity contribution in [3.63, 3.8) is 0 Å². The number of halogens is 1. The molecule has 0 saturated heterocycles. The van der Waals surface area contributed by atoms with Crippen molar-refractivity contribution in [3.8, 4) is 11.4 Å². The van der Waals surface area contributed by atoms with Crippen molar-refractivity contribution in [2.24, 2.45) is 16.1 Å². The van der Waals surface area contributed by atoms with Gasteiger partial charge in [-0.3, -0.25) is 9.59 Å². The fourth-order valence-electron chi connectivity index (χ4n) is 3.28. The van der Waals surface area contributed by atoms with Gasteiger partial charge in [0.2, 0.25) is 17.6 Å².